The van der Waals surface area contributed by atoms with Crippen molar-refractivity contribution in [2.24, 2.45) is 0 Å². The molecule has 0 radical (unpaired) electrons. The van der Waals surface area contributed by atoms with Crippen LogP contribution in [0.3, 0.4) is 0 Å². The molecule has 92 valence electrons. The Morgan fingerprint density at radius 1 is 1.22 bits per heavy atom. The Morgan fingerprint density at radius 2 is 2.00 bits per heavy atom. The molecule has 1 N–H and O–H groups in total. The van der Waals surface area contributed by atoms with E-state index in [-0.39, 0.29) is 5.56 Å². The molecule has 2 rings (SSSR count). The van der Waals surface area contributed by atoms with E-state index in [9.17, 15) is 9.18 Å². The molecule has 1 heterocycles. The van der Waals surface area contributed by atoms with Gasteiger partial charge in [-0.05, 0) is 24.3 Å². The fourth-order valence-electron chi connectivity index (χ4n) is 1.45. The lowest BCUT2D eigenvalue weighted by Crippen LogP contribution is -1.98. The van der Waals surface area contributed by atoms with Crippen molar-refractivity contribution in [3.8, 4) is 0 Å². The third-order valence-electron chi connectivity index (χ3n) is 2.27. The van der Waals surface area contributed by atoms with E-state index < -0.39 is 11.9 Å². The van der Waals surface area contributed by atoms with Gasteiger partial charge in [0, 0.05) is 10.6 Å². The third kappa shape index (κ3) is 3.07. The zero-order valence-electron chi connectivity index (χ0n) is 9.34. The Kier molecular flexibility index (Phi) is 3.94. The van der Waals surface area contributed by atoms with E-state index in [1.165, 1.54) is 17.8 Å². The third-order valence-corrected chi connectivity index (χ3v) is 3.37. The van der Waals surface area contributed by atoms with Crippen molar-refractivity contribution >= 4 is 17.7 Å². The summed E-state index contributed by atoms with van der Waals surface area (Å²) in [5.74, 6) is -1.06. The topological polar surface area (TPSA) is 50.2 Å². The lowest BCUT2D eigenvalue weighted by atomic mass is 10.2. The Balaban J connectivity index is 2.13. The average molecular weight is 263 g/mol. The van der Waals surface area contributed by atoms with Crippen LogP contribution in [-0.4, -0.2) is 16.1 Å². The predicted molar refractivity (Wildman–Crippen MR) is 67.2 cm³/mol. The highest BCUT2D eigenvalue weighted by Gasteiger charge is 2.09. The van der Waals surface area contributed by atoms with Gasteiger partial charge in [-0.1, -0.05) is 18.2 Å². The molecule has 0 aliphatic carbocycles. The molecule has 2 aromatic rings. The summed E-state index contributed by atoms with van der Waals surface area (Å²) in [6.07, 6.45) is 0. The van der Waals surface area contributed by atoms with Crippen LogP contribution in [0.15, 0.2) is 47.4 Å². The SMILES string of the molecule is O=C(O)c1ccccc1SCc1cccc(F)n1. The molecule has 0 atom stereocenters. The van der Waals surface area contributed by atoms with Gasteiger partial charge < -0.3 is 5.11 Å². The first-order valence-electron chi connectivity index (χ1n) is 5.23. The number of carboxylic acids is 1. The van der Waals surface area contributed by atoms with Crippen LogP contribution >= 0.6 is 11.8 Å². The van der Waals surface area contributed by atoms with E-state index in [1.54, 1.807) is 36.4 Å². The largest absolute Gasteiger partial charge is 0.478 e. The summed E-state index contributed by atoms with van der Waals surface area (Å²) in [5, 5.41) is 9.02. The van der Waals surface area contributed by atoms with Crippen LogP contribution in [0, 0.1) is 5.95 Å². The van der Waals surface area contributed by atoms with E-state index >= 15 is 0 Å². The lowest BCUT2D eigenvalue weighted by molar-refractivity contribution is 0.0693. The van der Waals surface area contributed by atoms with E-state index in [2.05, 4.69) is 4.98 Å². The normalized spacial score (nSPS) is 10.3. The van der Waals surface area contributed by atoms with Gasteiger partial charge >= 0.3 is 5.97 Å². The molecule has 0 aliphatic rings. The number of hydrogen-bond acceptors (Lipinski definition) is 3. The van der Waals surface area contributed by atoms with Crippen LogP contribution in [0.25, 0.3) is 0 Å². The summed E-state index contributed by atoms with van der Waals surface area (Å²) >= 11 is 1.33. The molecular formula is C13H10FNO2S. The number of rotatable bonds is 4. The fourth-order valence-corrected chi connectivity index (χ4v) is 2.40. The zero-order chi connectivity index (χ0) is 13.0. The second kappa shape index (κ2) is 5.64. The summed E-state index contributed by atoms with van der Waals surface area (Å²) in [5.41, 5.74) is 0.832. The molecule has 0 amide bonds. The van der Waals surface area contributed by atoms with E-state index in [4.69, 9.17) is 5.11 Å². The van der Waals surface area contributed by atoms with Gasteiger partial charge in [0.05, 0.1) is 11.3 Å². The van der Waals surface area contributed by atoms with Crippen molar-refractivity contribution < 1.29 is 14.3 Å². The molecule has 0 bridgehead atoms. The van der Waals surface area contributed by atoms with Gasteiger partial charge in [-0.3, -0.25) is 0 Å². The number of carbonyl (C=O) groups is 1. The molecule has 18 heavy (non-hydrogen) atoms. The minimum Gasteiger partial charge on any atom is -0.478 e. The van der Waals surface area contributed by atoms with Crippen molar-refractivity contribution in [2.75, 3.05) is 0 Å². The Bertz CT molecular complexity index is 574. The van der Waals surface area contributed by atoms with Crippen molar-refractivity contribution in [1.29, 1.82) is 0 Å². The predicted octanol–water partition coefficient (Wildman–Crippen LogP) is 3.21. The maximum absolute atomic E-state index is 12.9. The van der Waals surface area contributed by atoms with Crippen molar-refractivity contribution in [2.45, 2.75) is 10.6 Å². The van der Waals surface area contributed by atoms with E-state index in [1.807, 2.05) is 0 Å². The van der Waals surface area contributed by atoms with Crippen molar-refractivity contribution in [3.63, 3.8) is 0 Å². The van der Waals surface area contributed by atoms with Crippen molar-refractivity contribution in [3.05, 3.63) is 59.7 Å². The molecule has 0 unspecified atom stereocenters. The van der Waals surface area contributed by atoms with Crippen LogP contribution in [0.4, 0.5) is 4.39 Å². The van der Waals surface area contributed by atoms with Gasteiger partial charge in [0.1, 0.15) is 0 Å². The highest BCUT2D eigenvalue weighted by atomic mass is 32.2. The number of halogens is 1. The summed E-state index contributed by atoms with van der Waals surface area (Å²) in [6, 6.07) is 11.3. The Labute approximate surface area is 108 Å². The number of thioether (sulfide) groups is 1. The highest BCUT2D eigenvalue weighted by Crippen LogP contribution is 2.25. The molecule has 0 aliphatic heterocycles. The number of pyridine rings is 1. The number of aromatic nitrogens is 1. The summed E-state index contributed by atoms with van der Waals surface area (Å²) in [7, 11) is 0. The Hall–Kier alpha value is -1.88. The Morgan fingerprint density at radius 3 is 2.72 bits per heavy atom. The van der Waals surface area contributed by atoms with Gasteiger partial charge in [0.15, 0.2) is 0 Å². The van der Waals surface area contributed by atoms with Gasteiger partial charge in [0.2, 0.25) is 5.95 Å². The molecule has 1 aromatic carbocycles. The van der Waals surface area contributed by atoms with Crippen LogP contribution < -0.4 is 0 Å². The molecule has 5 heteroatoms. The summed E-state index contributed by atoms with van der Waals surface area (Å²) in [6.45, 7) is 0. The van der Waals surface area contributed by atoms with Crippen LogP contribution in [0.1, 0.15) is 16.1 Å². The number of aromatic carboxylic acids is 1. The van der Waals surface area contributed by atoms with Gasteiger partial charge in [-0.25, -0.2) is 9.78 Å². The molecule has 3 nitrogen and oxygen atoms in total. The first kappa shape index (κ1) is 12.6. The maximum atomic E-state index is 12.9. The second-order valence-electron chi connectivity index (χ2n) is 3.54. The minimum absolute atomic E-state index is 0.249. The number of carboxylic acid groups (broad SMARTS) is 1. The monoisotopic (exact) mass is 263 g/mol. The fraction of sp³-hybridized carbons (Fsp3) is 0.0769. The van der Waals surface area contributed by atoms with Gasteiger partial charge in [0.25, 0.3) is 0 Å². The van der Waals surface area contributed by atoms with Crippen molar-refractivity contribution in [1.82, 2.24) is 4.98 Å². The number of benzene rings is 1. The first-order chi connectivity index (χ1) is 8.66. The molecular weight excluding hydrogens is 253 g/mol. The lowest BCUT2D eigenvalue weighted by Gasteiger charge is -2.05. The first-order valence-corrected chi connectivity index (χ1v) is 6.22. The molecule has 0 saturated heterocycles. The average Bonchev–Trinajstić information content (AvgIpc) is 2.37. The molecule has 0 saturated carbocycles. The van der Waals surface area contributed by atoms with E-state index in [0.717, 1.165) is 0 Å². The molecule has 0 spiro atoms. The standard InChI is InChI=1S/C13H10FNO2S/c14-12-7-3-4-9(15-12)8-18-11-6-2-1-5-10(11)13(16)17/h1-7H,8H2,(H,16,17). The number of nitrogens with zero attached hydrogens (tertiary/aromatic N) is 1. The maximum Gasteiger partial charge on any atom is 0.336 e. The zero-order valence-corrected chi connectivity index (χ0v) is 10.2. The van der Waals surface area contributed by atoms with E-state index in [0.29, 0.717) is 16.3 Å². The summed E-state index contributed by atoms with van der Waals surface area (Å²) < 4.78 is 12.9. The number of hydrogen-bond donors (Lipinski definition) is 1. The molecule has 1 aromatic heterocycles. The smallest absolute Gasteiger partial charge is 0.336 e. The van der Waals surface area contributed by atoms with Crippen LogP contribution in [0.5, 0.6) is 0 Å². The second-order valence-corrected chi connectivity index (χ2v) is 4.56. The minimum atomic E-state index is -0.967. The quantitative estimate of drug-likeness (QED) is 0.679. The highest BCUT2D eigenvalue weighted by molar-refractivity contribution is 7.98. The van der Waals surface area contributed by atoms with Gasteiger partial charge in [-0.2, -0.15) is 4.39 Å². The molecule has 0 fully saturated rings. The van der Waals surface area contributed by atoms with Crippen LogP contribution in [0.2, 0.25) is 0 Å². The van der Waals surface area contributed by atoms with Crippen LogP contribution in [-0.2, 0) is 5.75 Å². The summed E-state index contributed by atoms with van der Waals surface area (Å²) in [4.78, 5) is 15.4. The van der Waals surface area contributed by atoms with Gasteiger partial charge in [-0.15, -0.1) is 11.8 Å².